The maximum atomic E-state index is 5.98. The maximum absolute atomic E-state index is 5.98. The average Bonchev–Trinajstić information content (AvgIpc) is 2.28. The number of halogens is 1. The molecule has 16 heavy (non-hydrogen) atoms. The van der Waals surface area contributed by atoms with Crippen molar-refractivity contribution in [3.8, 4) is 0 Å². The zero-order valence-corrected chi connectivity index (χ0v) is 11.1. The van der Waals surface area contributed by atoms with Crippen LogP contribution in [0.3, 0.4) is 0 Å². The van der Waals surface area contributed by atoms with Gasteiger partial charge in [0.15, 0.2) is 0 Å². The summed E-state index contributed by atoms with van der Waals surface area (Å²) in [5.41, 5.74) is 2.44. The zero-order valence-electron chi connectivity index (χ0n) is 10.4. The van der Waals surface area contributed by atoms with Crippen molar-refractivity contribution in [2.75, 3.05) is 26.7 Å². The van der Waals surface area contributed by atoms with Crippen molar-refractivity contribution in [3.05, 3.63) is 34.3 Å². The van der Waals surface area contributed by atoms with Crippen LogP contribution >= 0.6 is 11.6 Å². The van der Waals surface area contributed by atoms with Gasteiger partial charge in [-0.25, -0.2) is 0 Å². The highest BCUT2D eigenvalue weighted by Gasteiger charge is 1.98. The summed E-state index contributed by atoms with van der Waals surface area (Å²) in [5.74, 6) is 0. The molecular formula is C13H21ClN2. The van der Waals surface area contributed by atoms with Crippen LogP contribution in [0.15, 0.2) is 18.2 Å². The van der Waals surface area contributed by atoms with Crippen LogP contribution in [-0.2, 0) is 6.54 Å². The van der Waals surface area contributed by atoms with Gasteiger partial charge in [-0.05, 0) is 37.7 Å². The summed E-state index contributed by atoms with van der Waals surface area (Å²) in [4.78, 5) is 2.29. The van der Waals surface area contributed by atoms with E-state index in [4.69, 9.17) is 11.6 Å². The molecule has 0 unspecified atom stereocenters. The predicted octanol–water partition coefficient (Wildman–Crippen LogP) is 2.69. The van der Waals surface area contributed by atoms with E-state index in [2.05, 4.69) is 36.3 Å². The molecule has 0 atom stereocenters. The van der Waals surface area contributed by atoms with Crippen LogP contribution in [0.25, 0.3) is 0 Å². The lowest BCUT2D eigenvalue weighted by Gasteiger charge is -2.14. The minimum atomic E-state index is 0.842. The molecule has 0 heterocycles. The van der Waals surface area contributed by atoms with E-state index in [1.165, 1.54) is 5.56 Å². The molecule has 1 N–H and O–H groups in total. The monoisotopic (exact) mass is 240 g/mol. The summed E-state index contributed by atoms with van der Waals surface area (Å²) in [5, 5.41) is 4.27. The van der Waals surface area contributed by atoms with E-state index in [9.17, 15) is 0 Å². The van der Waals surface area contributed by atoms with Gasteiger partial charge in [0, 0.05) is 24.7 Å². The Kier molecular flexibility index (Phi) is 5.81. The first-order valence-corrected chi connectivity index (χ1v) is 6.15. The smallest absolute Gasteiger partial charge is 0.0435 e. The van der Waals surface area contributed by atoms with Gasteiger partial charge in [-0.1, -0.05) is 30.7 Å². The number of nitrogens with zero attached hydrogens (tertiary/aromatic N) is 1. The predicted molar refractivity (Wildman–Crippen MR) is 71.1 cm³/mol. The van der Waals surface area contributed by atoms with Crippen LogP contribution in [-0.4, -0.2) is 31.6 Å². The van der Waals surface area contributed by atoms with Gasteiger partial charge >= 0.3 is 0 Å². The summed E-state index contributed by atoms with van der Waals surface area (Å²) in [6.45, 7) is 8.33. The lowest BCUT2D eigenvalue weighted by Crippen LogP contribution is -2.28. The van der Waals surface area contributed by atoms with Crippen LogP contribution in [0.4, 0.5) is 0 Å². The lowest BCUT2D eigenvalue weighted by atomic mass is 10.1. The van der Waals surface area contributed by atoms with Crippen molar-refractivity contribution in [2.45, 2.75) is 20.4 Å². The Labute approximate surface area is 104 Å². The molecule has 0 amide bonds. The Morgan fingerprint density at radius 1 is 1.38 bits per heavy atom. The molecule has 0 spiro atoms. The molecule has 0 saturated heterocycles. The largest absolute Gasteiger partial charge is 0.311 e. The second-order valence-electron chi connectivity index (χ2n) is 4.16. The van der Waals surface area contributed by atoms with Crippen molar-refractivity contribution in [1.82, 2.24) is 10.2 Å². The second-order valence-corrected chi connectivity index (χ2v) is 4.56. The lowest BCUT2D eigenvalue weighted by molar-refractivity contribution is 0.349. The first-order chi connectivity index (χ1) is 7.63. The average molecular weight is 241 g/mol. The van der Waals surface area contributed by atoms with Crippen LogP contribution in [0.1, 0.15) is 18.1 Å². The molecule has 3 heteroatoms. The van der Waals surface area contributed by atoms with Gasteiger partial charge in [0.2, 0.25) is 0 Å². The highest BCUT2D eigenvalue weighted by molar-refractivity contribution is 6.31. The topological polar surface area (TPSA) is 15.3 Å². The highest BCUT2D eigenvalue weighted by atomic mass is 35.5. The first kappa shape index (κ1) is 13.5. The van der Waals surface area contributed by atoms with Crippen molar-refractivity contribution in [2.24, 2.45) is 0 Å². The fourth-order valence-electron chi connectivity index (χ4n) is 1.48. The molecule has 0 fully saturated rings. The molecule has 1 aromatic carbocycles. The summed E-state index contributed by atoms with van der Waals surface area (Å²) < 4.78 is 0. The van der Waals surface area contributed by atoms with Crippen molar-refractivity contribution < 1.29 is 0 Å². The van der Waals surface area contributed by atoms with Crippen molar-refractivity contribution >= 4 is 11.6 Å². The summed E-state index contributed by atoms with van der Waals surface area (Å²) >= 11 is 5.98. The molecule has 2 nitrogen and oxygen atoms in total. The SMILES string of the molecule is CCN(C)CCNCc1ccc(Cl)c(C)c1. The summed E-state index contributed by atoms with van der Waals surface area (Å²) in [6, 6.07) is 6.18. The minimum Gasteiger partial charge on any atom is -0.311 e. The van der Waals surface area contributed by atoms with Crippen molar-refractivity contribution in [3.63, 3.8) is 0 Å². The van der Waals surface area contributed by atoms with Crippen LogP contribution < -0.4 is 5.32 Å². The first-order valence-electron chi connectivity index (χ1n) is 5.77. The van der Waals surface area contributed by atoms with Gasteiger partial charge in [0.1, 0.15) is 0 Å². The number of benzene rings is 1. The Morgan fingerprint density at radius 3 is 2.75 bits per heavy atom. The Bertz CT molecular complexity index is 326. The molecule has 1 aromatic rings. The third-order valence-electron chi connectivity index (χ3n) is 2.76. The summed E-state index contributed by atoms with van der Waals surface area (Å²) in [7, 11) is 2.13. The molecular weight excluding hydrogens is 220 g/mol. The van der Waals surface area contributed by atoms with E-state index >= 15 is 0 Å². The molecule has 0 aliphatic heterocycles. The van der Waals surface area contributed by atoms with Crippen LogP contribution in [0.5, 0.6) is 0 Å². The Morgan fingerprint density at radius 2 is 2.12 bits per heavy atom. The number of hydrogen-bond donors (Lipinski definition) is 1. The third kappa shape index (κ3) is 4.52. The van der Waals surface area contributed by atoms with E-state index in [-0.39, 0.29) is 0 Å². The van der Waals surface area contributed by atoms with E-state index in [0.29, 0.717) is 0 Å². The number of aryl methyl sites for hydroxylation is 1. The third-order valence-corrected chi connectivity index (χ3v) is 3.19. The zero-order chi connectivity index (χ0) is 12.0. The molecule has 0 radical (unpaired) electrons. The van der Waals surface area contributed by atoms with E-state index in [1.54, 1.807) is 0 Å². The highest BCUT2D eigenvalue weighted by Crippen LogP contribution is 2.15. The van der Waals surface area contributed by atoms with E-state index in [1.807, 2.05) is 13.0 Å². The van der Waals surface area contributed by atoms with Gasteiger partial charge < -0.3 is 10.2 Å². The Balaban J connectivity index is 2.29. The molecule has 0 bridgehead atoms. The fraction of sp³-hybridized carbons (Fsp3) is 0.538. The normalized spacial score (nSPS) is 11.1. The molecule has 1 rings (SSSR count). The molecule has 0 aliphatic rings. The van der Waals surface area contributed by atoms with Gasteiger partial charge in [-0.15, -0.1) is 0 Å². The minimum absolute atomic E-state index is 0.842. The maximum Gasteiger partial charge on any atom is 0.0435 e. The number of rotatable bonds is 6. The van der Waals surface area contributed by atoms with Gasteiger partial charge in [0.25, 0.3) is 0 Å². The number of nitrogens with one attached hydrogen (secondary N) is 1. The van der Waals surface area contributed by atoms with E-state index in [0.717, 1.165) is 36.8 Å². The van der Waals surface area contributed by atoms with Crippen LogP contribution in [0, 0.1) is 6.92 Å². The fourth-order valence-corrected chi connectivity index (χ4v) is 1.60. The van der Waals surface area contributed by atoms with Crippen molar-refractivity contribution in [1.29, 1.82) is 0 Å². The number of likely N-dealkylation sites (N-methyl/N-ethyl adjacent to an activating group) is 1. The Hall–Kier alpha value is -0.570. The van der Waals surface area contributed by atoms with Gasteiger partial charge in [-0.3, -0.25) is 0 Å². The summed E-state index contributed by atoms with van der Waals surface area (Å²) in [6.07, 6.45) is 0. The molecule has 0 aromatic heterocycles. The number of hydrogen-bond acceptors (Lipinski definition) is 2. The molecule has 90 valence electrons. The second kappa shape index (κ2) is 6.89. The molecule has 0 saturated carbocycles. The van der Waals surface area contributed by atoms with Crippen LogP contribution in [0.2, 0.25) is 5.02 Å². The van der Waals surface area contributed by atoms with Gasteiger partial charge in [0.05, 0.1) is 0 Å². The molecule has 0 aliphatic carbocycles. The van der Waals surface area contributed by atoms with Gasteiger partial charge in [-0.2, -0.15) is 0 Å². The van der Waals surface area contributed by atoms with E-state index < -0.39 is 0 Å². The standard InChI is InChI=1S/C13H21ClN2/c1-4-16(3)8-7-15-10-12-5-6-13(14)11(2)9-12/h5-6,9,15H,4,7-8,10H2,1-3H3. The quantitative estimate of drug-likeness (QED) is 0.770.